The van der Waals surface area contributed by atoms with E-state index in [0.29, 0.717) is 90.4 Å². The zero-order valence-electron chi connectivity index (χ0n) is 34.1. The highest BCUT2D eigenvalue weighted by atomic mass is 35.5. The number of carbonyl (C=O) groups excluding carboxylic acids is 5. The van der Waals surface area contributed by atoms with Crippen LogP contribution in [0.25, 0.3) is 33.4 Å². The van der Waals surface area contributed by atoms with E-state index < -0.39 is 29.7 Å². The summed E-state index contributed by atoms with van der Waals surface area (Å²) in [5.41, 5.74) is 3.60. The van der Waals surface area contributed by atoms with Crippen molar-refractivity contribution in [3.05, 3.63) is 111 Å². The number of nitrogens with zero attached hydrogens (tertiary/aromatic N) is 1. The second-order valence-corrected chi connectivity index (χ2v) is 14.7. The van der Waals surface area contributed by atoms with E-state index in [-0.39, 0.29) is 54.1 Å². The smallest absolute Gasteiger partial charge is 0.266 e. The van der Waals surface area contributed by atoms with E-state index in [2.05, 4.69) is 10.6 Å². The van der Waals surface area contributed by atoms with Crippen LogP contribution in [0.4, 0.5) is 5.69 Å². The monoisotopic (exact) mass is 865 g/mol. The number of ether oxygens (including phenoxy) is 5. The van der Waals surface area contributed by atoms with Gasteiger partial charge in [0.2, 0.25) is 11.8 Å². The highest BCUT2D eigenvalue weighted by Crippen LogP contribution is 2.37. The van der Waals surface area contributed by atoms with Crippen molar-refractivity contribution in [2.24, 2.45) is 0 Å². The van der Waals surface area contributed by atoms with E-state index in [0.717, 1.165) is 16.2 Å². The zero-order valence-corrected chi connectivity index (χ0v) is 34.8. The van der Waals surface area contributed by atoms with Crippen molar-refractivity contribution in [1.29, 1.82) is 0 Å². The molecule has 16 heteroatoms. The summed E-state index contributed by atoms with van der Waals surface area (Å²) < 4.78 is 34.7. The van der Waals surface area contributed by atoms with E-state index in [9.17, 15) is 28.8 Å². The minimum atomic E-state index is -1.06. The standard InChI is InChI=1S/C46H44ClN3O12/c1-3-60-39-26-41-34(24-33(39)29-7-4-6-28(22-29)27(2)51)37(52)25-40(62-41)31-11-10-30(23-35(31)47)48-14-15-57-16-17-58-18-19-59-20-21-61-38-9-5-8-32-43(38)46(56)50(45(32)55)36-12-13-42(53)49-44(36)54/h4-11,22-26,36,48H,3,12-21H2,1-2H3,(H,49,53,54). The van der Waals surface area contributed by atoms with E-state index in [4.69, 9.17) is 39.7 Å². The Bertz CT molecular complexity index is 2590. The maximum atomic E-state index is 13.4. The molecule has 0 bridgehead atoms. The van der Waals surface area contributed by atoms with Crippen LogP contribution in [0.2, 0.25) is 5.02 Å². The second kappa shape index (κ2) is 20.0. The first-order valence-corrected chi connectivity index (χ1v) is 20.5. The number of ketones is 1. The summed E-state index contributed by atoms with van der Waals surface area (Å²) >= 11 is 6.68. The third-order valence-corrected chi connectivity index (χ3v) is 10.5. The molecule has 0 saturated carbocycles. The fourth-order valence-electron chi connectivity index (χ4n) is 7.17. The van der Waals surface area contributed by atoms with E-state index in [1.807, 2.05) is 19.1 Å². The Labute approximate surface area is 361 Å². The molecule has 2 aliphatic rings. The number of benzene rings is 4. The van der Waals surface area contributed by atoms with Gasteiger partial charge < -0.3 is 33.4 Å². The molecular weight excluding hydrogens is 822 g/mol. The van der Waals surface area contributed by atoms with Gasteiger partial charge in [0.25, 0.3) is 11.8 Å². The topological polar surface area (TPSA) is 189 Å². The normalized spacial score (nSPS) is 14.9. The number of anilines is 1. The molecule has 3 heterocycles. The van der Waals surface area contributed by atoms with Crippen molar-refractivity contribution in [2.45, 2.75) is 32.7 Å². The molecule has 0 radical (unpaired) electrons. The lowest BCUT2D eigenvalue weighted by molar-refractivity contribution is -0.136. The number of hydrogen-bond donors (Lipinski definition) is 2. The van der Waals surface area contributed by atoms with Gasteiger partial charge in [-0.2, -0.15) is 0 Å². The highest BCUT2D eigenvalue weighted by Gasteiger charge is 2.46. The lowest BCUT2D eigenvalue weighted by Gasteiger charge is -2.27. The minimum absolute atomic E-state index is 0.0364. The molecule has 1 fully saturated rings. The fourth-order valence-corrected chi connectivity index (χ4v) is 7.44. The van der Waals surface area contributed by atoms with Crippen LogP contribution in [0.3, 0.4) is 0 Å². The number of piperidine rings is 1. The summed E-state index contributed by atoms with van der Waals surface area (Å²) in [5.74, 6) is -1.38. The summed E-state index contributed by atoms with van der Waals surface area (Å²) in [6.07, 6.45) is 0.105. The lowest BCUT2D eigenvalue weighted by Crippen LogP contribution is -2.54. The predicted octanol–water partition coefficient (Wildman–Crippen LogP) is 6.32. The Balaban J connectivity index is 0.806. The molecular formula is C46H44ClN3O12. The molecule has 0 aliphatic carbocycles. The van der Waals surface area contributed by atoms with Gasteiger partial charge in [-0.15, -0.1) is 0 Å². The summed E-state index contributed by atoms with van der Waals surface area (Å²) in [6.45, 7) is 6.31. The van der Waals surface area contributed by atoms with Crippen LogP contribution in [-0.2, 0) is 23.8 Å². The van der Waals surface area contributed by atoms with E-state index in [1.165, 1.54) is 19.1 Å². The molecule has 1 aromatic heterocycles. The number of carbonyl (C=O) groups is 5. The lowest BCUT2D eigenvalue weighted by atomic mass is 9.99. The van der Waals surface area contributed by atoms with Crippen LogP contribution in [0.1, 0.15) is 57.8 Å². The number of fused-ring (bicyclic) bond motifs is 2. The first-order valence-electron chi connectivity index (χ1n) is 20.1. The van der Waals surface area contributed by atoms with Gasteiger partial charge in [-0.25, -0.2) is 0 Å². The van der Waals surface area contributed by atoms with Crippen LogP contribution in [0.5, 0.6) is 11.5 Å². The Morgan fingerprint density at radius 3 is 2.26 bits per heavy atom. The van der Waals surface area contributed by atoms with Crippen molar-refractivity contribution < 1.29 is 52.1 Å². The number of rotatable bonds is 20. The zero-order chi connectivity index (χ0) is 43.8. The maximum Gasteiger partial charge on any atom is 0.266 e. The number of halogens is 1. The van der Waals surface area contributed by atoms with Crippen LogP contribution < -0.4 is 25.5 Å². The van der Waals surface area contributed by atoms with Gasteiger partial charge in [0.1, 0.15) is 35.5 Å². The number of hydrogen-bond acceptors (Lipinski definition) is 13. The molecule has 4 aromatic carbocycles. The average molecular weight is 866 g/mol. The Kier molecular flexibility index (Phi) is 14.1. The summed E-state index contributed by atoms with van der Waals surface area (Å²) in [6, 6.07) is 21.0. The van der Waals surface area contributed by atoms with Crippen LogP contribution >= 0.6 is 11.6 Å². The number of amides is 4. The first-order chi connectivity index (χ1) is 30.0. The largest absolute Gasteiger partial charge is 0.493 e. The SMILES string of the molecule is CCOc1cc2oc(-c3ccc(NCCOCCOCCOCCOc4cccc5c4C(=O)N(C4CCC(=O)NC4=O)C5=O)cc3Cl)cc(=O)c2cc1-c1cccc(C(C)=O)c1. The van der Waals surface area contributed by atoms with Gasteiger partial charge in [-0.3, -0.25) is 39.0 Å². The average Bonchev–Trinajstić information content (AvgIpc) is 3.51. The third kappa shape index (κ3) is 9.87. The molecule has 5 aromatic rings. The highest BCUT2D eigenvalue weighted by molar-refractivity contribution is 6.33. The molecule has 7 rings (SSSR count). The molecule has 4 amide bonds. The van der Waals surface area contributed by atoms with Crippen molar-refractivity contribution in [1.82, 2.24) is 10.2 Å². The Morgan fingerprint density at radius 2 is 1.53 bits per heavy atom. The van der Waals surface area contributed by atoms with Crippen molar-refractivity contribution in [2.75, 3.05) is 64.7 Å². The summed E-state index contributed by atoms with van der Waals surface area (Å²) in [5, 5.41) is 6.20. The number of nitrogens with one attached hydrogen (secondary N) is 2. The van der Waals surface area contributed by atoms with Crippen LogP contribution in [0, 0.1) is 0 Å². The Hall–Kier alpha value is -6.39. The van der Waals surface area contributed by atoms with Gasteiger partial charge in [0, 0.05) is 47.5 Å². The molecule has 15 nitrogen and oxygen atoms in total. The molecule has 62 heavy (non-hydrogen) atoms. The van der Waals surface area contributed by atoms with Crippen LogP contribution in [-0.4, -0.2) is 99.8 Å². The van der Waals surface area contributed by atoms with E-state index >= 15 is 0 Å². The first kappa shape index (κ1) is 43.7. The van der Waals surface area contributed by atoms with Gasteiger partial charge in [0.15, 0.2) is 11.2 Å². The van der Waals surface area contributed by atoms with Gasteiger partial charge >= 0.3 is 0 Å². The van der Waals surface area contributed by atoms with Crippen molar-refractivity contribution in [3.63, 3.8) is 0 Å². The molecule has 2 N–H and O–H groups in total. The summed E-state index contributed by atoms with van der Waals surface area (Å²) in [7, 11) is 0. The van der Waals surface area contributed by atoms with Gasteiger partial charge in [-0.05, 0) is 68.3 Å². The van der Waals surface area contributed by atoms with Crippen molar-refractivity contribution in [3.8, 4) is 33.9 Å². The molecule has 2 aliphatic heterocycles. The molecule has 1 saturated heterocycles. The molecule has 0 spiro atoms. The minimum Gasteiger partial charge on any atom is -0.493 e. The molecule has 322 valence electrons. The van der Waals surface area contributed by atoms with Gasteiger partial charge in [-0.1, -0.05) is 35.9 Å². The van der Waals surface area contributed by atoms with Crippen LogP contribution in [0.15, 0.2) is 88.1 Å². The number of imide groups is 2. The predicted molar refractivity (Wildman–Crippen MR) is 229 cm³/mol. The quantitative estimate of drug-likeness (QED) is 0.0503. The second-order valence-electron chi connectivity index (χ2n) is 14.3. The van der Waals surface area contributed by atoms with E-state index in [1.54, 1.807) is 54.6 Å². The molecule has 1 unspecified atom stereocenters. The maximum absolute atomic E-state index is 13.4. The summed E-state index contributed by atoms with van der Waals surface area (Å²) in [4.78, 5) is 76.4. The van der Waals surface area contributed by atoms with Gasteiger partial charge in [0.05, 0.1) is 67.8 Å². The fraction of sp³-hybridized carbons (Fsp3) is 0.304. The third-order valence-electron chi connectivity index (χ3n) is 10.2. The Morgan fingerprint density at radius 1 is 0.790 bits per heavy atom. The number of Topliss-reactive ketones (excluding diaryl/α,β-unsaturated/α-hetero) is 1. The van der Waals surface area contributed by atoms with Crippen molar-refractivity contribution >= 4 is 57.7 Å². The molecule has 1 atom stereocenters.